The highest BCUT2D eigenvalue weighted by Crippen LogP contribution is 2.48. The molecule has 2 heteroatoms. The first-order chi connectivity index (χ1) is 6.85. The van der Waals surface area contributed by atoms with Crippen molar-refractivity contribution in [2.45, 2.75) is 32.1 Å². The average Bonchev–Trinajstić information content (AvgIpc) is 2.17. The Labute approximate surface area is 87.2 Å². The molecule has 2 aliphatic rings. The van der Waals surface area contributed by atoms with Gasteiger partial charge in [0.1, 0.15) is 0 Å². The maximum absolute atomic E-state index is 5.41. The van der Waals surface area contributed by atoms with Gasteiger partial charge in [0.15, 0.2) is 0 Å². The summed E-state index contributed by atoms with van der Waals surface area (Å²) in [4.78, 5) is 2.55. The summed E-state index contributed by atoms with van der Waals surface area (Å²) in [6, 6.07) is 0. The zero-order chi connectivity index (χ0) is 9.86. The molecule has 2 rings (SSSR count). The zero-order valence-electron chi connectivity index (χ0n) is 9.04. The van der Waals surface area contributed by atoms with Crippen LogP contribution in [0.4, 0.5) is 0 Å². The topological polar surface area (TPSA) is 29.3 Å². The van der Waals surface area contributed by atoms with E-state index in [1.165, 1.54) is 45.2 Å². The summed E-state index contributed by atoms with van der Waals surface area (Å²) >= 11 is 0. The third-order valence-electron chi connectivity index (χ3n) is 4.00. The van der Waals surface area contributed by atoms with Gasteiger partial charge in [-0.2, -0.15) is 0 Å². The molecule has 1 heterocycles. The van der Waals surface area contributed by atoms with E-state index < -0.39 is 0 Å². The van der Waals surface area contributed by atoms with Crippen molar-refractivity contribution in [2.75, 3.05) is 26.2 Å². The maximum Gasteiger partial charge on any atom is 0.0163 e. The zero-order valence-corrected chi connectivity index (χ0v) is 9.04. The second-order valence-corrected chi connectivity index (χ2v) is 4.86. The quantitative estimate of drug-likeness (QED) is 0.694. The van der Waals surface area contributed by atoms with Gasteiger partial charge >= 0.3 is 0 Å². The molecule has 0 amide bonds. The molecule has 0 aromatic carbocycles. The fourth-order valence-corrected chi connectivity index (χ4v) is 2.71. The van der Waals surface area contributed by atoms with E-state index >= 15 is 0 Å². The molecule has 2 nitrogen and oxygen atoms in total. The molecule has 1 aliphatic carbocycles. The first-order valence-electron chi connectivity index (χ1n) is 5.92. The minimum absolute atomic E-state index is 0.678. The third kappa shape index (κ3) is 2.18. The highest BCUT2D eigenvalue weighted by Gasteiger charge is 2.38. The number of likely N-dealkylation sites (tertiary alicyclic amines) is 1. The number of rotatable bonds is 3. The third-order valence-corrected chi connectivity index (χ3v) is 4.00. The second-order valence-electron chi connectivity index (χ2n) is 4.86. The van der Waals surface area contributed by atoms with Crippen molar-refractivity contribution in [3.05, 3.63) is 12.2 Å². The standard InChI is InChI=1S/C12H22N2/c13-8-1-2-9-14-10-6-12(7-11-14)4-3-5-12/h1-2H,3-11,13H2/b2-1+. The molecule has 0 radical (unpaired) electrons. The van der Waals surface area contributed by atoms with E-state index in [4.69, 9.17) is 5.73 Å². The molecule has 0 unspecified atom stereocenters. The molecule has 1 spiro atoms. The van der Waals surface area contributed by atoms with Crippen LogP contribution in [0.1, 0.15) is 32.1 Å². The molecule has 1 saturated carbocycles. The molecule has 1 aliphatic heterocycles. The van der Waals surface area contributed by atoms with Gasteiger partial charge in [-0.05, 0) is 44.2 Å². The Morgan fingerprint density at radius 3 is 2.29 bits per heavy atom. The van der Waals surface area contributed by atoms with Crippen LogP contribution >= 0.6 is 0 Å². The summed E-state index contributed by atoms with van der Waals surface area (Å²) in [5.41, 5.74) is 6.20. The maximum atomic E-state index is 5.41. The van der Waals surface area contributed by atoms with Crippen molar-refractivity contribution in [3.63, 3.8) is 0 Å². The highest BCUT2D eigenvalue weighted by atomic mass is 15.1. The van der Waals surface area contributed by atoms with Crippen LogP contribution in [0.3, 0.4) is 0 Å². The summed E-state index contributed by atoms with van der Waals surface area (Å²) in [6.45, 7) is 4.38. The number of hydrogen-bond donors (Lipinski definition) is 1. The summed E-state index contributed by atoms with van der Waals surface area (Å²) in [7, 11) is 0. The normalized spacial score (nSPS) is 26.9. The Morgan fingerprint density at radius 2 is 1.79 bits per heavy atom. The Kier molecular flexibility index (Phi) is 3.24. The fourth-order valence-electron chi connectivity index (χ4n) is 2.71. The number of nitrogens with zero attached hydrogens (tertiary/aromatic N) is 1. The van der Waals surface area contributed by atoms with Gasteiger partial charge in [-0.3, -0.25) is 4.90 Å². The van der Waals surface area contributed by atoms with Crippen LogP contribution in [0.25, 0.3) is 0 Å². The molecule has 80 valence electrons. The first kappa shape index (κ1) is 10.2. The van der Waals surface area contributed by atoms with Crippen molar-refractivity contribution < 1.29 is 0 Å². The minimum Gasteiger partial charge on any atom is -0.327 e. The van der Waals surface area contributed by atoms with E-state index in [1.807, 2.05) is 0 Å². The van der Waals surface area contributed by atoms with Crippen LogP contribution in [0.15, 0.2) is 12.2 Å². The summed E-state index contributed by atoms with van der Waals surface area (Å²) < 4.78 is 0. The van der Waals surface area contributed by atoms with Crippen molar-refractivity contribution in [3.8, 4) is 0 Å². The van der Waals surface area contributed by atoms with E-state index in [1.54, 1.807) is 0 Å². The molecule has 0 atom stereocenters. The van der Waals surface area contributed by atoms with Gasteiger partial charge in [0, 0.05) is 13.1 Å². The van der Waals surface area contributed by atoms with Gasteiger partial charge in [0.2, 0.25) is 0 Å². The first-order valence-corrected chi connectivity index (χ1v) is 5.92. The van der Waals surface area contributed by atoms with E-state index in [2.05, 4.69) is 17.1 Å². The smallest absolute Gasteiger partial charge is 0.0163 e. The second kappa shape index (κ2) is 4.45. The van der Waals surface area contributed by atoms with Gasteiger partial charge < -0.3 is 5.73 Å². The molecule has 0 bridgehead atoms. The molecule has 2 fully saturated rings. The van der Waals surface area contributed by atoms with Crippen LogP contribution in [0.2, 0.25) is 0 Å². The van der Waals surface area contributed by atoms with E-state index in [0.29, 0.717) is 6.54 Å². The van der Waals surface area contributed by atoms with Gasteiger partial charge in [-0.15, -0.1) is 0 Å². The molecule has 0 aromatic rings. The molecular formula is C12H22N2. The van der Waals surface area contributed by atoms with Crippen LogP contribution in [-0.2, 0) is 0 Å². The molecule has 1 saturated heterocycles. The Morgan fingerprint density at radius 1 is 1.07 bits per heavy atom. The number of nitrogens with two attached hydrogens (primary N) is 1. The monoisotopic (exact) mass is 194 g/mol. The SMILES string of the molecule is NC/C=C/CN1CCC2(CCC2)CC1. The molecular weight excluding hydrogens is 172 g/mol. The lowest BCUT2D eigenvalue weighted by Gasteiger charge is -2.47. The molecule has 14 heavy (non-hydrogen) atoms. The van der Waals surface area contributed by atoms with Crippen LogP contribution < -0.4 is 5.73 Å². The largest absolute Gasteiger partial charge is 0.327 e. The predicted octanol–water partition coefficient (Wildman–Crippen LogP) is 1.77. The Hall–Kier alpha value is -0.340. The summed E-state index contributed by atoms with van der Waals surface area (Å²) in [5.74, 6) is 0. The summed E-state index contributed by atoms with van der Waals surface area (Å²) in [6.07, 6.45) is 11.6. The Bertz CT molecular complexity index is 196. The van der Waals surface area contributed by atoms with Gasteiger partial charge in [-0.1, -0.05) is 18.6 Å². The van der Waals surface area contributed by atoms with Gasteiger partial charge in [0.05, 0.1) is 0 Å². The van der Waals surface area contributed by atoms with Crippen LogP contribution in [-0.4, -0.2) is 31.1 Å². The lowest BCUT2D eigenvalue weighted by Crippen LogP contribution is -2.43. The van der Waals surface area contributed by atoms with Crippen LogP contribution in [0, 0.1) is 5.41 Å². The van der Waals surface area contributed by atoms with E-state index in [9.17, 15) is 0 Å². The fraction of sp³-hybridized carbons (Fsp3) is 0.833. The van der Waals surface area contributed by atoms with Crippen molar-refractivity contribution >= 4 is 0 Å². The minimum atomic E-state index is 0.678. The number of piperidine rings is 1. The van der Waals surface area contributed by atoms with Crippen LogP contribution in [0.5, 0.6) is 0 Å². The average molecular weight is 194 g/mol. The Balaban J connectivity index is 1.70. The summed E-state index contributed by atoms with van der Waals surface area (Å²) in [5, 5.41) is 0. The molecule has 0 aromatic heterocycles. The van der Waals surface area contributed by atoms with E-state index in [0.717, 1.165) is 12.0 Å². The number of hydrogen-bond acceptors (Lipinski definition) is 2. The lowest BCUT2D eigenvalue weighted by molar-refractivity contribution is 0.0379. The predicted molar refractivity (Wildman–Crippen MR) is 60.2 cm³/mol. The van der Waals surface area contributed by atoms with Crippen molar-refractivity contribution in [1.82, 2.24) is 4.90 Å². The molecule has 2 N–H and O–H groups in total. The van der Waals surface area contributed by atoms with Crippen molar-refractivity contribution in [2.24, 2.45) is 11.1 Å². The van der Waals surface area contributed by atoms with Gasteiger partial charge in [-0.25, -0.2) is 0 Å². The lowest BCUT2D eigenvalue weighted by atomic mass is 9.63. The highest BCUT2D eigenvalue weighted by molar-refractivity contribution is 4.94. The van der Waals surface area contributed by atoms with Crippen molar-refractivity contribution in [1.29, 1.82) is 0 Å². The van der Waals surface area contributed by atoms with Gasteiger partial charge in [0.25, 0.3) is 0 Å². The van der Waals surface area contributed by atoms with E-state index in [-0.39, 0.29) is 0 Å².